The first-order valence-electron chi connectivity index (χ1n) is 10.6. The predicted molar refractivity (Wildman–Crippen MR) is 123 cm³/mol. The molecular weight excluding hydrogens is 446 g/mol. The van der Waals surface area contributed by atoms with Crippen LogP contribution in [0.1, 0.15) is 38.8 Å². The summed E-state index contributed by atoms with van der Waals surface area (Å²) in [6.07, 6.45) is 8.21. The number of nitrogens with zero attached hydrogens (tertiary/aromatic N) is 6. The van der Waals surface area contributed by atoms with Gasteiger partial charge in [-0.05, 0) is 46.1 Å². The van der Waals surface area contributed by atoms with Crippen molar-refractivity contribution < 1.29 is 17.8 Å². The Balaban J connectivity index is 0.000000696. The van der Waals surface area contributed by atoms with Crippen molar-refractivity contribution in [1.82, 2.24) is 30.0 Å². The Morgan fingerprint density at radius 3 is 2.67 bits per heavy atom. The Labute approximate surface area is 194 Å². The van der Waals surface area contributed by atoms with Gasteiger partial charge < -0.3 is 10.2 Å². The molecule has 2 N–H and O–H groups in total. The molecule has 3 heterocycles. The molecule has 11 nitrogen and oxygen atoms in total. The van der Waals surface area contributed by atoms with Crippen LogP contribution in [0.2, 0.25) is 0 Å². The van der Waals surface area contributed by atoms with E-state index < -0.39 is 10.1 Å². The van der Waals surface area contributed by atoms with Crippen molar-refractivity contribution >= 4 is 16.0 Å². The summed E-state index contributed by atoms with van der Waals surface area (Å²) in [5.41, 5.74) is 2.39. The zero-order valence-corrected chi connectivity index (χ0v) is 20.2. The third-order valence-electron chi connectivity index (χ3n) is 5.20. The van der Waals surface area contributed by atoms with Crippen LogP contribution in [0.4, 0.5) is 0 Å². The number of aryl methyl sites for hydroxylation is 2. The van der Waals surface area contributed by atoms with Crippen molar-refractivity contribution in [3.8, 4) is 17.5 Å². The molecule has 2 aromatic heterocycles. The molecule has 1 amide bonds. The Bertz CT molecular complexity index is 1070. The molecule has 1 atom stereocenters. The van der Waals surface area contributed by atoms with E-state index in [-0.39, 0.29) is 24.0 Å². The molecule has 0 spiro atoms. The molecule has 33 heavy (non-hydrogen) atoms. The van der Waals surface area contributed by atoms with E-state index in [2.05, 4.69) is 40.3 Å². The highest BCUT2D eigenvalue weighted by molar-refractivity contribution is 7.85. The molecule has 0 saturated carbocycles. The zero-order valence-electron chi connectivity index (χ0n) is 19.4. The van der Waals surface area contributed by atoms with Gasteiger partial charge in [-0.3, -0.25) is 24.0 Å². The zero-order chi connectivity index (χ0) is 24.6. The van der Waals surface area contributed by atoms with E-state index in [1.165, 1.54) is 0 Å². The van der Waals surface area contributed by atoms with Crippen LogP contribution >= 0.6 is 0 Å². The quantitative estimate of drug-likeness (QED) is 0.563. The minimum absolute atomic E-state index is 0.00247. The van der Waals surface area contributed by atoms with Crippen LogP contribution in [0.25, 0.3) is 11.4 Å². The number of likely N-dealkylation sites (tertiary alicyclic amines) is 1. The minimum Gasteiger partial charge on any atom is -0.326 e. The second kappa shape index (κ2) is 11.3. The first-order valence-corrected chi connectivity index (χ1v) is 12.4. The monoisotopic (exact) mass is 477 g/mol. The molecular formula is C21H31N7O4S. The number of aromatic nitrogens is 4. The average Bonchev–Trinajstić information content (AvgIpc) is 3.36. The highest BCUT2D eigenvalue weighted by Crippen LogP contribution is 2.19. The van der Waals surface area contributed by atoms with Gasteiger partial charge in [-0.1, -0.05) is 0 Å². The molecule has 1 fully saturated rings. The van der Waals surface area contributed by atoms with Crippen LogP contribution in [0, 0.1) is 18.3 Å². The standard InChI is InChI=1S/C20H27N7O.CH4O3S/c1-15-11-17(18-13-22-7-8-23-18)25-27(15)10-6-20(2,3)24-14-19(28)26-9-4-5-16(26)12-21;1-5(2,3)4/h7-8,11,13,16,24H,4-6,9-10,14H2,1-3H3;1H3,(H,2,3,4)/t16-;/m0./s1. The fraction of sp³-hybridized carbons (Fsp3) is 0.571. The van der Waals surface area contributed by atoms with Crippen LogP contribution < -0.4 is 5.32 Å². The van der Waals surface area contributed by atoms with Crippen molar-refractivity contribution in [2.45, 2.75) is 58.2 Å². The van der Waals surface area contributed by atoms with E-state index in [4.69, 9.17) is 9.81 Å². The number of carbonyl (C=O) groups is 1. The predicted octanol–water partition coefficient (Wildman–Crippen LogP) is 1.43. The van der Waals surface area contributed by atoms with Gasteiger partial charge in [0.15, 0.2) is 0 Å². The van der Waals surface area contributed by atoms with Gasteiger partial charge in [-0.2, -0.15) is 18.8 Å². The molecule has 3 rings (SSSR count). The number of rotatable bonds is 7. The summed E-state index contributed by atoms with van der Waals surface area (Å²) in [6.45, 7) is 7.82. The number of nitrogens with one attached hydrogen (secondary N) is 1. The maximum absolute atomic E-state index is 12.4. The lowest BCUT2D eigenvalue weighted by Crippen LogP contribution is -2.48. The minimum atomic E-state index is -3.67. The number of carbonyl (C=O) groups excluding carboxylic acids is 1. The topological polar surface area (TPSA) is 154 Å². The molecule has 0 aromatic carbocycles. The molecule has 0 aliphatic carbocycles. The van der Waals surface area contributed by atoms with E-state index in [0.717, 1.165) is 42.9 Å². The second-order valence-corrected chi connectivity index (χ2v) is 10.0. The van der Waals surface area contributed by atoms with Crippen LogP contribution in [-0.2, 0) is 21.5 Å². The van der Waals surface area contributed by atoms with Crippen LogP contribution in [-0.4, -0.2) is 74.5 Å². The van der Waals surface area contributed by atoms with Crippen molar-refractivity contribution in [3.63, 3.8) is 0 Å². The van der Waals surface area contributed by atoms with Crippen LogP contribution in [0.15, 0.2) is 24.7 Å². The van der Waals surface area contributed by atoms with Gasteiger partial charge in [0.05, 0.1) is 25.1 Å². The molecule has 1 saturated heterocycles. The Kier molecular flexibility index (Phi) is 9.04. The Morgan fingerprint density at radius 2 is 2.06 bits per heavy atom. The molecule has 2 aromatic rings. The molecule has 1 aliphatic rings. The van der Waals surface area contributed by atoms with Gasteiger partial charge in [-0.25, -0.2) is 0 Å². The summed E-state index contributed by atoms with van der Waals surface area (Å²) in [5, 5.41) is 17.1. The van der Waals surface area contributed by atoms with Crippen LogP contribution in [0.5, 0.6) is 0 Å². The number of amides is 1. The first-order chi connectivity index (χ1) is 15.4. The lowest BCUT2D eigenvalue weighted by molar-refractivity contribution is -0.130. The van der Waals surface area contributed by atoms with Gasteiger partial charge >= 0.3 is 0 Å². The number of hydrogen-bond donors (Lipinski definition) is 2. The lowest BCUT2D eigenvalue weighted by atomic mass is 10.0. The Morgan fingerprint density at radius 1 is 1.36 bits per heavy atom. The molecule has 1 aliphatic heterocycles. The second-order valence-electron chi connectivity index (χ2n) is 8.58. The summed E-state index contributed by atoms with van der Waals surface area (Å²) in [6, 6.07) is 3.95. The first kappa shape index (κ1) is 26.4. The largest absolute Gasteiger partial charge is 0.326 e. The molecule has 12 heteroatoms. The summed E-state index contributed by atoms with van der Waals surface area (Å²) in [4.78, 5) is 22.5. The lowest BCUT2D eigenvalue weighted by Gasteiger charge is -2.28. The van der Waals surface area contributed by atoms with E-state index in [0.29, 0.717) is 12.8 Å². The van der Waals surface area contributed by atoms with Crippen molar-refractivity contribution in [3.05, 3.63) is 30.4 Å². The van der Waals surface area contributed by atoms with Gasteiger partial charge in [-0.15, -0.1) is 0 Å². The fourth-order valence-corrected chi connectivity index (χ4v) is 3.38. The highest BCUT2D eigenvalue weighted by Gasteiger charge is 2.29. The van der Waals surface area contributed by atoms with Crippen LogP contribution in [0.3, 0.4) is 0 Å². The van der Waals surface area contributed by atoms with Gasteiger partial charge in [0.25, 0.3) is 10.1 Å². The SMILES string of the molecule is CS(=O)(=O)O.Cc1cc(-c2cnccn2)nn1CCC(C)(C)NCC(=O)N1CCC[C@H]1C#N. The summed E-state index contributed by atoms with van der Waals surface area (Å²) in [5.74, 6) is -0.00247. The highest BCUT2D eigenvalue weighted by atomic mass is 32.2. The van der Waals surface area contributed by atoms with Crippen molar-refractivity contribution in [2.75, 3.05) is 19.3 Å². The fourth-order valence-electron chi connectivity index (χ4n) is 3.38. The van der Waals surface area contributed by atoms with E-state index in [1.54, 1.807) is 23.5 Å². The van der Waals surface area contributed by atoms with E-state index >= 15 is 0 Å². The van der Waals surface area contributed by atoms with Crippen molar-refractivity contribution in [2.24, 2.45) is 0 Å². The van der Waals surface area contributed by atoms with Gasteiger partial charge in [0.2, 0.25) is 5.91 Å². The molecule has 0 bridgehead atoms. The molecule has 0 unspecified atom stereocenters. The summed E-state index contributed by atoms with van der Waals surface area (Å²) < 4.78 is 27.8. The van der Waals surface area contributed by atoms with E-state index in [1.807, 2.05) is 17.7 Å². The number of nitriles is 1. The third-order valence-corrected chi connectivity index (χ3v) is 5.20. The molecule has 0 radical (unpaired) electrons. The van der Waals surface area contributed by atoms with E-state index in [9.17, 15) is 13.2 Å². The molecule has 180 valence electrons. The Hall–Kier alpha value is -2.88. The van der Waals surface area contributed by atoms with Crippen molar-refractivity contribution in [1.29, 1.82) is 5.26 Å². The maximum Gasteiger partial charge on any atom is 0.261 e. The summed E-state index contributed by atoms with van der Waals surface area (Å²) >= 11 is 0. The van der Waals surface area contributed by atoms with Gasteiger partial charge in [0.1, 0.15) is 17.4 Å². The normalized spacial score (nSPS) is 16.1. The number of hydrogen-bond acceptors (Lipinski definition) is 8. The smallest absolute Gasteiger partial charge is 0.261 e. The maximum atomic E-state index is 12.4. The third kappa shape index (κ3) is 8.88. The average molecular weight is 478 g/mol. The summed E-state index contributed by atoms with van der Waals surface area (Å²) in [7, 11) is -3.67. The van der Waals surface area contributed by atoms with Gasteiger partial charge in [0, 0.05) is 36.7 Å².